The molecule has 1 atom stereocenters. The van der Waals surface area contributed by atoms with Crippen LogP contribution in [-0.2, 0) is 14.3 Å². The highest BCUT2D eigenvalue weighted by molar-refractivity contribution is 6.46. The first-order valence-corrected chi connectivity index (χ1v) is 10.1. The Labute approximate surface area is 185 Å². The van der Waals surface area contributed by atoms with Crippen LogP contribution in [0, 0.1) is 19.7 Å². The number of carbonyl (C=O) groups is 3. The highest BCUT2D eigenvalue weighted by Gasteiger charge is 2.47. The largest absolute Gasteiger partial charge is 0.507 e. The van der Waals surface area contributed by atoms with Gasteiger partial charge in [-0.2, -0.15) is 0 Å². The lowest BCUT2D eigenvalue weighted by Crippen LogP contribution is -2.35. The van der Waals surface area contributed by atoms with Gasteiger partial charge in [0.05, 0.1) is 18.7 Å². The van der Waals surface area contributed by atoms with Crippen molar-refractivity contribution in [2.75, 3.05) is 34.3 Å². The number of H-pyrrole nitrogens is 1. The highest BCUT2D eigenvalue weighted by atomic mass is 19.1. The molecule has 9 heteroatoms. The number of benzene rings is 1. The quantitative estimate of drug-likeness (QED) is 0.308. The van der Waals surface area contributed by atoms with Gasteiger partial charge in [-0.25, -0.2) is 9.18 Å². The minimum absolute atomic E-state index is 0.103. The molecule has 1 aliphatic heterocycles. The van der Waals surface area contributed by atoms with Crippen molar-refractivity contribution in [3.05, 3.63) is 63.7 Å². The average molecular weight is 443 g/mol. The van der Waals surface area contributed by atoms with Gasteiger partial charge in [-0.3, -0.25) is 9.59 Å². The maximum atomic E-state index is 14.8. The van der Waals surface area contributed by atoms with Crippen molar-refractivity contribution in [1.82, 2.24) is 14.8 Å². The number of nitrogens with zero attached hydrogens (tertiary/aromatic N) is 2. The normalized spacial score (nSPS) is 18.0. The topological polar surface area (TPSA) is 103 Å². The Balaban J connectivity index is 2.24. The van der Waals surface area contributed by atoms with Crippen molar-refractivity contribution in [1.29, 1.82) is 0 Å². The summed E-state index contributed by atoms with van der Waals surface area (Å²) in [5, 5.41) is 11.2. The number of likely N-dealkylation sites (N-methyl/N-ethyl adjacent to an activating group) is 1. The van der Waals surface area contributed by atoms with E-state index in [0.29, 0.717) is 17.8 Å². The van der Waals surface area contributed by atoms with Crippen molar-refractivity contribution in [3.8, 4) is 0 Å². The number of aromatic nitrogens is 1. The highest BCUT2D eigenvalue weighted by Crippen LogP contribution is 2.41. The maximum Gasteiger partial charge on any atom is 0.354 e. The average Bonchev–Trinajstić information content (AvgIpc) is 3.18. The molecule has 1 amide bonds. The molecule has 0 bridgehead atoms. The van der Waals surface area contributed by atoms with E-state index in [9.17, 15) is 23.9 Å². The zero-order chi connectivity index (χ0) is 23.7. The Kier molecular flexibility index (Phi) is 6.50. The molecule has 0 spiro atoms. The number of hydrogen-bond donors (Lipinski definition) is 2. The molecule has 1 fully saturated rings. The number of aromatic amines is 1. The number of aryl methyl sites for hydroxylation is 1. The predicted molar refractivity (Wildman–Crippen MR) is 116 cm³/mol. The van der Waals surface area contributed by atoms with Crippen LogP contribution in [0.2, 0.25) is 0 Å². The molecule has 1 aromatic carbocycles. The number of amides is 1. The number of carbonyl (C=O) groups excluding carboxylic acids is 3. The van der Waals surface area contributed by atoms with Crippen LogP contribution in [0.3, 0.4) is 0 Å². The zero-order valence-electron chi connectivity index (χ0n) is 18.7. The number of nitrogens with one attached hydrogen (secondary N) is 1. The van der Waals surface area contributed by atoms with Gasteiger partial charge in [-0.05, 0) is 39.6 Å². The van der Waals surface area contributed by atoms with Crippen molar-refractivity contribution in [3.63, 3.8) is 0 Å². The van der Waals surface area contributed by atoms with E-state index in [4.69, 9.17) is 4.74 Å². The van der Waals surface area contributed by atoms with Gasteiger partial charge >= 0.3 is 5.97 Å². The van der Waals surface area contributed by atoms with E-state index in [-0.39, 0.29) is 28.9 Å². The smallest absolute Gasteiger partial charge is 0.354 e. The first-order valence-electron chi connectivity index (χ1n) is 10.1. The van der Waals surface area contributed by atoms with Crippen LogP contribution in [0.5, 0.6) is 0 Å². The number of esters is 1. The molecule has 2 aromatic rings. The number of halogens is 1. The first kappa shape index (κ1) is 23.2. The van der Waals surface area contributed by atoms with Gasteiger partial charge in [-0.15, -0.1) is 0 Å². The molecule has 1 aromatic heterocycles. The predicted octanol–water partition coefficient (Wildman–Crippen LogP) is 2.54. The standard InChI is InChI=1S/C23H26FN3O5/c1-12-16(13(2)25-18(12)23(31)32-5)20(28)17-19(14-8-6-7-9-15(14)24)27(11-10-26(3)4)22(30)21(17)29/h6-9,19,25,28H,10-11H2,1-5H3/b20-17+/t19-/m1/s1. The SMILES string of the molecule is COC(=O)c1[nH]c(C)c(/C(O)=C2\C(=O)C(=O)N(CCN(C)C)[C@@H]2c2ccccc2F)c1C. The van der Waals surface area contributed by atoms with E-state index >= 15 is 0 Å². The number of Topliss-reactive ketones (excluding diaryl/α,β-unsaturated/α-hetero) is 1. The molecule has 170 valence electrons. The molecule has 1 aliphatic rings. The third-order valence-electron chi connectivity index (χ3n) is 5.59. The summed E-state index contributed by atoms with van der Waals surface area (Å²) in [4.78, 5) is 44.0. The second-order valence-corrected chi connectivity index (χ2v) is 7.93. The lowest BCUT2D eigenvalue weighted by Gasteiger charge is -2.26. The second-order valence-electron chi connectivity index (χ2n) is 7.93. The van der Waals surface area contributed by atoms with Gasteiger partial charge in [0.25, 0.3) is 11.7 Å². The number of ether oxygens (including phenoxy) is 1. The molecule has 0 unspecified atom stereocenters. The monoisotopic (exact) mass is 443 g/mol. The van der Waals surface area contributed by atoms with Crippen molar-refractivity contribution < 1.29 is 28.6 Å². The number of rotatable bonds is 6. The van der Waals surface area contributed by atoms with E-state index in [2.05, 4.69) is 4.98 Å². The molecule has 1 saturated heterocycles. The van der Waals surface area contributed by atoms with E-state index in [0.717, 1.165) is 0 Å². The van der Waals surface area contributed by atoms with Crippen LogP contribution < -0.4 is 0 Å². The van der Waals surface area contributed by atoms with Crippen LogP contribution in [0.4, 0.5) is 4.39 Å². The maximum absolute atomic E-state index is 14.8. The van der Waals surface area contributed by atoms with Crippen molar-refractivity contribution in [2.24, 2.45) is 0 Å². The summed E-state index contributed by atoms with van der Waals surface area (Å²) in [6.07, 6.45) is 0. The third kappa shape index (κ3) is 3.91. The fourth-order valence-corrected chi connectivity index (χ4v) is 3.98. The molecule has 0 saturated carbocycles. The molecule has 0 radical (unpaired) electrons. The summed E-state index contributed by atoms with van der Waals surface area (Å²) in [5.74, 6) is -3.43. The summed E-state index contributed by atoms with van der Waals surface area (Å²) in [5.41, 5.74) is 0.977. The van der Waals surface area contributed by atoms with Gasteiger partial charge < -0.3 is 24.6 Å². The Hall–Kier alpha value is -3.46. The van der Waals surface area contributed by atoms with Crippen LogP contribution in [0.15, 0.2) is 29.8 Å². The second kappa shape index (κ2) is 8.96. The molecular weight excluding hydrogens is 417 g/mol. The molecule has 3 rings (SSSR count). The summed E-state index contributed by atoms with van der Waals surface area (Å²) in [7, 11) is 4.86. The lowest BCUT2D eigenvalue weighted by molar-refractivity contribution is -0.140. The Bertz CT molecular complexity index is 1120. The number of hydrogen-bond acceptors (Lipinski definition) is 6. The molecule has 2 N–H and O–H groups in total. The van der Waals surface area contributed by atoms with Gasteiger partial charge in [0.2, 0.25) is 0 Å². The van der Waals surface area contributed by atoms with E-state index in [1.807, 2.05) is 19.0 Å². The number of ketones is 1. The molecule has 32 heavy (non-hydrogen) atoms. The van der Waals surface area contributed by atoms with Gasteiger partial charge in [0, 0.05) is 29.9 Å². The fourth-order valence-electron chi connectivity index (χ4n) is 3.98. The number of methoxy groups -OCH3 is 1. The van der Waals surface area contributed by atoms with E-state index in [1.54, 1.807) is 19.9 Å². The van der Waals surface area contributed by atoms with Crippen LogP contribution in [-0.4, -0.2) is 71.8 Å². The first-order chi connectivity index (χ1) is 15.1. The third-order valence-corrected chi connectivity index (χ3v) is 5.59. The van der Waals surface area contributed by atoms with E-state index < -0.39 is 35.3 Å². The van der Waals surface area contributed by atoms with Crippen LogP contribution in [0.1, 0.15) is 38.9 Å². The van der Waals surface area contributed by atoms with Crippen molar-refractivity contribution in [2.45, 2.75) is 19.9 Å². The van der Waals surface area contributed by atoms with Crippen LogP contribution >= 0.6 is 0 Å². The van der Waals surface area contributed by atoms with E-state index in [1.165, 1.54) is 30.2 Å². The number of aliphatic hydroxyl groups excluding tert-OH is 1. The Morgan fingerprint density at radius 3 is 2.50 bits per heavy atom. The summed E-state index contributed by atoms with van der Waals surface area (Å²) >= 11 is 0. The van der Waals surface area contributed by atoms with Gasteiger partial charge in [0.1, 0.15) is 17.3 Å². The van der Waals surface area contributed by atoms with Crippen molar-refractivity contribution >= 4 is 23.4 Å². The van der Waals surface area contributed by atoms with Gasteiger partial charge in [0.15, 0.2) is 0 Å². The molecule has 8 nitrogen and oxygen atoms in total. The molecule has 2 heterocycles. The number of likely N-dealkylation sites (tertiary alicyclic amines) is 1. The fraction of sp³-hybridized carbons (Fsp3) is 0.348. The minimum atomic E-state index is -1.11. The number of aliphatic hydroxyl groups is 1. The lowest BCUT2D eigenvalue weighted by atomic mass is 9.93. The Morgan fingerprint density at radius 2 is 1.91 bits per heavy atom. The summed E-state index contributed by atoms with van der Waals surface area (Å²) in [6, 6.07) is 4.73. The molecular formula is C23H26FN3O5. The molecule has 0 aliphatic carbocycles. The summed E-state index contributed by atoms with van der Waals surface area (Å²) in [6.45, 7) is 3.80. The van der Waals surface area contributed by atoms with Crippen LogP contribution in [0.25, 0.3) is 5.76 Å². The zero-order valence-corrected chi connectivity index (χ0v) is 18.7. The Morgan fingerprint density at radius 1 is 1.25 bits per heavy atom. The summed E-state index contributed by atoms with van der Waals surface area (Å²) < 4.78 is 19.5. The van der Waals surface area contributed by atoms with Gasteiger partial charge in [-0.1, -0.05) is 18.2 Å². The minimum Gasteiger partial charge on any atom is -0.507 e.